The third-order valence-electron chi connectivity index (χ3n) is 12.5. The Kier molecular flexibility index (Phi) is 17.5. The molecule has 322 valence electrons. The number of hydrogen-bond acceptors (Lipinski definition) is 12. The molecule has 3 rings (SSSR count). The van der Waals surface area contributed by atoms with E-state index in [0.29, 0.717) is 18.4 Å². The maximum atomic E-state index is 14.1. The molecule has 1 saturated carbocycles. The van der Waals surface area contributed by atoms with Gasteiger partial charge in [-0.15, -0.1) is 0 Å². The Hall–Kier alpha value is -3.18. The van der Waals surface area contributed by atoms with E-state index in [1.54, 1.807) is 40.4 Å². The molecule has 0 aromatic heterocycles. The number of nitrogens with one attached hydrogen (secondary N) is 2. The molecule has 1 fully saturated rings. The minimum absolute atomic E-state index is 0.00145. The van der Waals surface area contributed by atoms with E-state index in [0.717, 1.165) is 12.8 Å². The second-order valence-corrected chi connectivity index (χ2v) is 18.0. The Morgan fingerprint density at radius 1 is 1.05 bits per heavy atom. The molecule has 12 atom stereocenters. The number of esters is 1. The van der Waals surface area contributed by atoms with Gasteiger partial charge < -0.3 is 34.5 Å². The van der Waals surface area contributed by atoms with Gasteiger partial charge in [0, 0.05) is 51.8 Å². The molecule has 0 spiro atoms. The number of ether oxygens (including phenoxy) is 4. The summed E-state index contributed by atoms with van der Waals surface area (Å²) in [5.41, 5.74) is -3.12. The predicted octanol–water partition coefficient (Wildman–Crippen LogP) is 6.34. The summed E-state index contributed by atoms with van der Waals surface area (Å²) in [6.45, 7) is 13.7. The van der Waals surface area contributed by atoms with Gasteiger partial charge in [-0.3, -0.25) is 14.8 Å². The molecule has 0 radical (unpaired) electrons. The standard InChI is InChI=1S/C42H67N3O11S/c1-12-15-37(54-10)38(43-8)30(6)35(23-27(3)41(47,24-29(5)53-9)42(48)28(4)22-26(2)39(42)55-11)31(7)56-40(46)34-16-13-14-17-36(34)44-57(51,52)25-32-18-20-33(21-19-32)45(49)50/h13-14,16-21,26-31,35,37-39,43-44,47-48H,12,15,22-25H2,1-11H3/t26-,27+,28?,29+,30?,31-,35?,37-,38+,39-,41-,42-/m0/s1. The van der Waals surface area contributed by atoms with Gasteiger partial charge in [0.25, 0.3) is 5.69 Å². The number of hydrogen-bond donors (Lipinski definition) is 4. The molecule has 0 amide bonds. The number of benzene rings is 2. The van der Waals surface area contributed by atoms with Gasteiger partial charge in [-0.1, -0.05) is 65.3 Å². The minimum atomic E-state index is -4.06. The third kappa shape index (κ3) is 11.1. The maximum absolute atomic E-state index is 14.1. The zero-order valence-corrected chi connectivity index (χ0v) is 36.4. The molecule has 2 aromatic carbocycles. The first-order valence-corrected chi connectivity index (χ1v) is 21.6. The van der Waals surface area contributed by atoms with Crippen molar-refractivity contribution in [2.24, 2.45) is 29.6 Å². The van der Waals surface area contributed by atoms with Crippen LogP contribution >= 0.6 is 0 Å². The summed E-state index contributed by atoms with van der Waals surface area (Å²) in [5, 5.41) is 40.2. The van der Waals surface area contributed by atoms with E-state index in [2.05, 4.69) is 23.9 Å². The van der Waals surface area contributed by atoms with Gasteiger partial charge in [0.1, 0.15) is 17.3 Å². The Morgan fingerprint density at radius 2 is 1.68 bits per heavy atom. The van der Waals surface area contributed by atoms with E-state index in [1.165, 1.54) is 36.4 Å². The number of non-ortho nitro benzene ring substituents is 1. The van der Waals surface area contributed by atoms with Crippen LogP contribution in [0.2, 0.25) is 0 Å². The van der Waals surface area contributed by atoms with Crippen molar-refractivity contribution in [1.82, 2.24) is 5.32 Å². The zero-order chi connectivity index (χ0) is 42.9. The number of aliphatic hydroxyl groups is 2. The van der Waals surface area contributed by atoms with Crippen LogP contribution in [0.5, 0.6) is 0 Å². The van der Waals surface area contributed by atoms with Crippen molar-refractivity contribution < 1.29 is 47.3 Å². The molecule has 3 unspecified atom stereocenters. The van der Waals surface area contributed by atoms with Crippen LogP contribution in [-0.4, -0.2) is 99.6 Å². The van der Waals surface area contributed by atoms with E-state index in [-0.39, 0.29) is 53.3 Å². The van der Waals surface area contributed by atoms with Crippen LogP contribution in [-0.2, 0) is 34.7 Å². The monoisotopic (exact) mass is 821 g/mol. The number of nitro groups is 1. The number of likely N-dealkylation sites (N-methyl/N-ethyl adjacent to an activating group) is 1. The van der Waals surface area contributed by atoms with Gasteiger partial charge in [0.15, 0.2) is 0 Å². The highest BCUT2D eigenvalue weighted by molar-refractivity contribution is 7.91. The first-order chi connectivity index (χ1) is 26.7. The van der Waals surface area contributed by atoms with Gasteiger partial charge in [-0.25, -0.2) is 13.2 Å². The van der Waals surface area contributed by atoms with Crippen LogP contribution in [0.4, 0.5) is 11.4 Å². The van der Waals surface area contributed by atoms with Crippen LogP contribution in [0, 0.1) is 39.7 Å². The quantitative estimate of drug-likeness (QED) is 0.0553. The molecule has 2 aromatic rings. The highest BCUT2D eigenvalue weighted by Crippen LogP contribution is 2.53. The lowest BCUT2D eigenvalue weighted by molar-refractivity contribution is -0.384. The molecular weight excluding hydrogens is 755 g/mol. The Balaban J connectivity index is 2.02. The molecule has 1 aliphatic rings. The van der Waals surface area contributed by atoms with Crippen LogP contribution < -0.4 is 10.0 Å². The summed E-state index contributed by atoms with van der Waals surface area (Å²) in [5.74, 6) is -2.69. The maximum Gasteiger partial charge on any atom is 0.340 e. The number of carbonyl (C=O) groups is 1. The molecular formula is C42H67N3O11S. The average molecular weight is 822 g/mol. The SMILES string of the molecule is CCC[C@H](OC)[C@H](NC)C(C)C(C[C@@H](C)[C@@](O)(C[C@@H](C)OC)[C@]1(O)C(C)C[C@H](C)[C@@H]1OC)[C@H](C)OC(=O)c1ccccc1NS(=O)(=O)Cc1ccc([N+](=O)[O-])cc1. The van der Waals surface area contributed by atoms with E-state index in [4.69, 9.17) is 18.9 Å². The molecule has 0 saturated heterocycles. The molecule has 4 N–H and O–H groups in total. The summed E-state index contributed by atoms with van der Waals surface area (Å²) in [7, 11) is 2.61. The van der Waals surface area contributed by atoms with Crippen molar-refractivity contribution in [3.8, 4) is 0 Å². The lowest BCUT2D eigenvalue weighted by Gasteiger charge is -2.52. The predicted molar refractivity (Wildman–Crippen MR) is 220 cm³/mol. The number of para-hydroxylation sites is 1. The van der Waals surface area contributed by atoms with Crippen molar-refractivity contribution in [3.63, 3.8) is 0 Å². The first kappa shape index (κ1) is 48.2. The summed E-state index contributed by atoms with van der Waals surface area (Å²) >= 11 is 0. The molecule has 15 heteroatoms. The van der Waals surface area contributed by atoms with Crippen molar-refractivity contribution in [3.05, 3.63) is 69.8 Å². The van der Waals surface area contributed by atoms with Crippen molar-refractivity contribution in [1.29, 1.82) is 0 Å². The molecule has 1 aliphatic carbocycles. The second kappa shape index (κ2) is 20.7. The van der Waals surface area contributed by atoms with E-state index < -0.39 is 68.0 Å². The Morgan fingerprint density at radius 3 is 2.23 bits per heavy atom. The van der Waals surface area contributed by atoms with E-state index in [9.17, 15) is 33.5 Å². The molecule has 57 heavy (non-hydrogen) atoms. The van der Waals surface area contributed by atoms with E-state index >= 15 is 0 Å². The zero-order valence-electron chi connectivity index (χ0n) is 35.6. The number of anilines is 1. The van der Waals surface area contributed by atoms with Crippen molar-refractivity contribution in [2.75, 3.05) is 33.1 Å². The lowest BCUT2D eigenvalue weighted by atomic mass is 9.62. The van der Waals surface area contributed by atoms with Crippen molar-refractivity contribution >= 4 is 27.4 Å². The normalized spacial score (nSPS) is 24.7. The summed E-state index contributed by atoms with van der Waals surface area (Å²) in [6.07, 6.45) is 0.797. The third-order valence-corrected chi connectivity index (χ3v) is 13.7. The topological polar surface area (TPSA) is 196 Å². The summed E-state index contributed by atoms with van der Waals surface area (Å²) < 4.78 is 52.9. The minimum Gasteiger partial charge on any atom is -0.459 e. The van der Waals surface area contributed by atoms with Crippen LogP contribution in [0.25, 0.3) is 0 Å². The molecule has 0 aliphatic heterocycles. The first-order valence-electron chi connectivity index (χ1n) is 20.0. The van der Waals surface area contributed by atoms with Crippen molar-refractivity contribution in [2.45, 2.75) is 128 Å². The molecule has 0 heterocycles. The highest BCUT2D eigenvalue weighted by atomic mass is 32.2. The fraction of sp³-hybridized carbons (Fsp3) is 0.690. The smallest absolute Gasteiger partial charge is 0.340 e. The summed E-state index contributed by atoms with van der Waals surface area (Å²) in [4.78, 5) is 24.6. The number of nitro benzene ring substituents is 1. The Bertz CT molecular complexity index is 1710. The summed E-state index contributed by atoms with van der Waals surface area (Å²) in [6, 6.07) is 11.2. The number of rotatable bonds is 23. The largest absolute Gasteiger partial charge is 0.459 e. The second-order valence-electron chi connectivity index (χ2n) is 16.2. The van der Waals surface area contributed by atoms with Gasteiger partial charge >= 0.3 is 5.97 Å². The average Bonchev–Trinajstić information content (AvgIpc) is 3.39. The van der Waals surface area contributed by atoms with Gasteiger partial charge in [0.2, 0.25) is 10.0 Å². The van der Waals surface area contributed by atoms with E-state index in [1.807, 2.05) is 34.7 Å². The molecule has 0 bridgehead atoms. The van der Waals surface area contributed by atoms with Crippen LogP contribution in [0.15, 0.2) is 48.5 Å². The fourth-order valence-electron chi connectivity index (χ4n) is 9.37. The number of carbonyl (C=O) groups excluding carboxylic acids is 1. The highest BCUT2D eigenvalue weighted by Gasteiger charge is 2.65. The van der Waals surface area contributed by atoms with Crippen LogP contribution in [0.1, 0.15) is 96.5 Å². The Labute approximate surface area is 339 Å². The van der Waals surface area contributed by atoms with Gasteiger partial charge in [-0.2, -0.15) is 0 Å². The van der Waals surface area contributed by atoms with Crippen LogP contribution in [0.3, 0.4) is 0 Å². The number of sulfonamides is 1. The van der Waals surface area contributed by atoms with Gasteiger partial charge in [-0.05, 0) is 81.5 Å². The number of methoxy groups -OCH3 is 3. The fourth-order valence-corrected chi connectivity index (χ4v) is 10.6. The molecule has 14 nitrogen and oxygen atoms in total. The lowest BCUT2D eigenvalue weighted by Crippen LogP contribution is -2.67. The number of nitrogens with zero attached hydrogens (tertiary/aromatic N) is 1. The van der Waals surface area contributed by atoms with Gasteiger partial charge in [0.05, 0.1) is 40.2 Å².